The molecule has 0 aliphatic carbocycles. The Kier molecular flexibility index (Phi) is 4.81. The van der Waals surface area contributed by atoms with Crippen molar-refractivity contribution >= 4 is 16.5 Å². The maximum absolute atomic E-state index is 12.9. The number of azo groups is 1. The third-order valence-corrected chi connectivity index (χ3v) is 4.26. The lowest BCUT2D eigenvalue weighted by Crippen LogP contribution is -1.85. The van der Waals surface area contributed by atoms with E-state index in [0.717, 1.165) is 5.56 Å². The molecule has 0 aliphatic rings. The van der Waals surface area contributed by atoms with E-state index in [1.807, 2.05) is 0 Å². The lowest BCUT2D eigenvalue weighted by Gasteiger charge is -1.98. The molecule has 0 aliphatic heterocycles. The fourth-order valence-electron chi connectivity index (χ4n) is 2.09. The minimum atomic E-state index is -0.300. The highest BCUT2D eigenvalue weighted by Gasteiger charge is 2.11. The molecular formula is C17H14FN3O2S. The third kappa shape index (κ3) is 3.94. The van der Waals surface area contributed by atoms with Crippen LogP contribution in [0.2, 0.25) is 0 Å². The average molecular weight is 343 g/mol. The molecule has 0 amide bonds. The predicted molar refractivity (Wildman–Crippen MR) is 89.3 cm³/mol. The number of phenolic OH excluding ortho intramolecular Hbond substituents is 1. The fraction of sp³-hybridized carbons (Fsp3) is 0.118. The highest BCUT2D eigenvalue weighted by atomic mass is 32.1. The van der Waals surface area contributed by atoms with E-state index >= 15 is 0 Å². The summed E-state index contributed by atoms with van der Waals surface area (Å²) >= 11 is 1.22. The summed E-state index contributed by atoms with van der Waals surface area (Å²) in [6.45, 7) is 0.223. The summed E-state index contributed by atoms with van der Waals surface area (Å²) in [6, 6.07) is 13.0. The zero-order valence-corrected chi connectivity index (χ0v) is 13.4. The standard InChI is InChI=1S/C17H14FN3O2S/c18-13-7-5-11(6-8-13)9-15-16(23)20-17(24-15)21-19-10-12-3-1-2-4-14(12)22/h1-8,22-23H,9-10H2. The normalized spacial score (nSPS) is 11.2. The van der Waals surface area contributed by atoms with Crippen LogP contribution >= 0.6 is 11.3 Å². The third-order valence-electron chi connectivity index (χ3n) is 3.33. The molecule has 2 N–H and O–H groups in total. The predicted octanol–water partition coefficient (Wildman–Crippen LogP) is 4.57. The van der Waals surface area contributed by atoms with Gasteiger partial charge >= 0.3 is 0 Å². The first-order chi connectivity index (χ1) is 11.6. The van der Waals surface area contributed by atoms with Gasteiger partial charge in [0, 0.05) is 12.0 Å². The van der Waals surface area contributed by atoms with E-state index in [1.54, 1.807) is 36.4 Å². The number of benzene rings is 2. The molecule has 24 heavy (non-hydrogen) atoms. The van der Waals surface area contributed by atoms with Gasteiger partial charge in [-0.05, 0) is 23.8 Å². The van der Waals surface area contributed by atoms with Crippen LogP contribution in [0.4, 0.5) is 9.52 Å². The van der Waals surface area contributed by atoms with Gasteiger partial charge < -0.3 is 10.2 Å². The number of halogens is 1. The Morgan fingerprint density at radius 3 is 2.54 bits per heavy atom. The SMILES string of the molecule is Oc1ccccc1CN=Nc1nc(O)c(Cc2ccc(F)cc2)s1. The monoisotopic (exact) mass is 343 g/mol. The molecule has 2 aromatic carbocycles. The first-order valence-corrected chi connectivity index (χ1v) is 8.01. The van der Waals surface area contributed by atoms with Crippen LogP contribution in [0, 0.1) is 5.82 Å². The van der Waals surface area contributed by atoms with Crippen LogP contribution in [-0.2, 0) is 13.0 Å². The van der Waals surface area contributed by atoms with E-state index in [0.29, 0.717) is 22.0 Å². The summed E-state index contributed by atoms with van der Waals surface area (Å²) in [5.74, 6) is -0.234. The molecule has 0 bridgehead atoms. The van der Waals surface area contributed by atoms with E-state index in [9.17, 15) is 14.6 Å². The van der Waals surface area contributed by atoms with Crippen molar-refractivity contribution in [2.45, 2.75) is 13.0 Å². The number of aromatic nitrogens is 1. The Labute approximate surface area is 141 Å². The van der Waals surface area contributed by atoms with Gasteiger partial charge in [0.15, 0.2) is 0 Å². The van der Waals surface area contributed by atoms with Crippen LogP contribution in [0.1, 0.15) is 16.0 Å². The molecule has 0 unspecified atom stereocenters. The molecule has 3 rings (SSSR count). The molecule has 122 valence electrons. The number of hydrogen-bond donors (Lipinski definition) is 2. The summed E-state index contributed by atoms with van der Waals surface area (Å²) in [7, 11) is 0. The van der Waals surface area contributed by atoms with Crippen molar-refractivity contribution in [3.05, 3.63) is 70.4 Å². The van der Waals surface area contributed by atoms with Gasteiger partial charge in [-0.1, -0.05) is 41.7 Å². The number of thiazole rings is 1. The quantitative estimate of drug-likeness (QED) is 0.666. The number of para-hydroxylation sites is 1. The number of nitrogens with zero attached hydrogens (tertiary/aromatic N) is 3. The highest BCUT2D eigenvalue weighted by molar-refractivity contribution is 7.15. The summed E-state index contributed by atoms with van der Waals surface area (Å²) in [5, 5.41) is 27.9. The van der Waals surface area contributed by atoms with Crippen molar-refractivity contribution in [2.75, 3.05) is 0 Å². The lowest BCUT2D eigenvalue weighted by molar-refractivity contribution is 0.452. The molecule has 0 saturated heterocycles. The smallest absolute Gasteiger partial charge is 0.233 e. The Morgan fingerprint density at radius 2 is 1.79 bits per heavy atom. The molecule has 0 atom stereocenters. The summed E-state index contributed by atoms with van der Waals surface area (Å²) in [5.41, 5.74) is 1.53. The van der Waals surface area contributed by atoms with E-state index in [2.05, 4.69) is 15.2 Å². The molecule has 0 spiro atoms. The molecule has 1 aromatic heterocycles. The number of phenols is 1. The Balaban J connectivity index is 1.68. The van der Waals surface area contributed by atoms with Crippen molar-refractivity contribution in [2.24, 2.45) is 10.2 Å². The Hall–Kier alpha value is -2.80. The molecular weight excluding hydrogens is 329 g/mol. The highest BCUT2D eigenvalue weighted by Crippen LogP contribution is 2.32. The van der Waals surface area contributed by atoms with Crippen molar-refractivity contribution < 1.29 is 14.6 Å². The van der Waals surface area contributed by atoms with Crippen LogP contribution in [0.3, 0.4) is 0 Å². The minimum Gasteiger partial charge on any atom is -0.508 e. The zero-order valence-electron chi connectivity index (χ0n) is 12.6. The summed E-state index contributed by atoms with van der Waals surface area (Å²) in [4.78, 5) is 4.59. The fourth-order valence-corrected chi connectivity index (χ4v) is 2.92. The van der Waals surface area contributed by atoms with Gasteiger partial charge in [-0.2, -0.15) is 10.1 Å². The molecule has 3 aromatic rings. The van der Waals surface area contributed by atoms with Crippen LogP contribution in [0.25, 0.3) is 0 Å². The van der Waals surface area contributed by atoms with Crippen molar-refractivity contribution in [1.29, 1.82) is 0 Å². The van der Waals surface area contributed by atoms with E-state index in [4.69, 9.17) is 0 Å². The summed E-state index contributed by atoms with van der Waals surface area (Å²) in [6.07, 6.45) is 0.443. The summed E-state index contributed by atoms with van der Waals surface area (Å²) < 4.78 is 12.9. The largest absolute Gasteiger partial charge is 0.508 e. The molecule has 5 nitrogen and oxygen atoms in total. The average Bonchev–Trinajstić information content (AvgIpc) is 2.91. The first kappa shape index (κ1) is 16.1. The van der Waals surface area contributed by atoms with Crippen LogP contribution in [0.5, 0.6) is 11.6 Å². The lowest BCUT2D eigenvalue weighted by atomic mass is 10.1. The van der Waals surface area contributed by atoms with Gasteiger partial charge in [0.05, 0.1) is 11.4 Å². The van der Waals surface area contributed by atoms with Crippen molar-refractivity contribution in [3.8, 4) is 11.6 Å². The number of rotatable bonds is 5. The molecule has 7 heteroatoms. The van der Waals surface area contributed by atoms with Crippen molar-refractivity contribution in [1.82, 2.24) is 4.98 Å². The second kappa shape index (κ2) is 7.18. The van der Waals surface area contributed by atoms with Gasteiger partial charge in [0.2, 0.25) is 11.0 Å². The molecule has 0 radical (unpaired) electrons. The van der Waals surface area contributed by atoms with Crippen LogP contribution in [0.15, 0.2) is 58.8 Å². The number of hydrogen-bond acceptors (Lipinski definition) is 6. The van der Waals surface area contributed by atoms with Crippen molar-refractivity contribution in [3.63, 3.8) is 0 Å². The molecule has 0 fully saturated rings. The maximum atomic E-state index is 12.9. The van der Waals surface area contributed by atoms with Gasteiger partial charge in [0.1, 0.15) is 11.6 Å². The second-order valence-corrected chi connectivity index (χ2v) is 6.14. The van der Waals surface area contributed by atoms with E-state index < -0.39 is 0 Å². The van der Waals surface area contributed by atoms with E-state index in [-0.39, 0.29) is 24.0 Å². The van der Waals surface area contributed by atoms with Crippen LogP contribution in [-0.4, -0.2) is 15.2 Å². The Morgan fingerprint density at radius 1 is 1.04 bits per heavy atom. The molecule has 0 saturated carbocycles. The topological polar surface area (TPSA) is 78.1 Å². The number of aromatic hydroxyl groups is 2. The first-order valence-electron chi connectivity index (χ1n) is 7.19. The minimum absolute atomic E-state index is 0.0965. The van der Waals surface area contributed by atoms with Crippen LogP contribution < -0.4 is 0 Å². The van der Waals surface area contributed by atoms with Gasteiger partial charge in [-0.25, -0.2) is 4.39 Å². The maximum Gasteiger partial charge on any atom is 0.233 e. The molecule has 1 heterocycles. The van der Waals surface area contributed by atoms with Gasteiger partial charge in [-0.3, -0.25) is 0 Å². The Bertz CT molecular complexity index is 863. The van der Waals surface area contributed by atoms with Gasteiger partial charge in [0.25, 0.3) is 0 Å². The zero-order chi connectivity index (χ0) is 16.9. The van der Waals surface area contributed by atoms with Gasteiger partial charge in [-0.15, -0.1) is 5.11 Å². The second-order valence-electron chi connectivity index (χ2n) is 5.07. The van der Waals surface area contributed by atoms with E-state index in [1.165, 1.54) is 23.5 Å².